The van der Waals surface area contributed by atoms with Crippen molar-refractivity contribution in [2.24, 2.45) is 0 Å². The largest absolute Gasteiger partial charge is 0.383 e. The molecule has 0 amide bonds. The van der Waals surface area contributed by atoms with E-state index in [1.807, 2.05) is 12.1 Å². The molecule has 0 aliphatic carbocycles. The molecule has 8 nitrogen and oxygen atoms in total. The van der Waals surface area contributed by atoms with Crippen LogP contribution in [-0.4, -0.2) is 57.9 Å². The number of hydrogen-bond donors (Lipinski definition) is 3. The van der Waals surface area contributed by atoms with Crippen LogP contribution in [0.3, 0.4) is 0 Å². The van der Waals surface area contributed by atoms with Gasteiger partial charge in [0.25, 0.3) is 0 Å². The van der Waals surface area contributed by atoms with Crippen LogP contribution in [0.1, 0.15) is 5.56 Å². The molecular weight excluding hydrogens is 318 g/mol. The third-order valence-corrected chi connectivity index (χ3v) is 4.54. The maximum atomic E-state index is 6.15. The number of nitrogen functional groups attached to an aromatic ring is 2. The molecule has 5 N–H and O–H groups in total. The first-order valence-electron chi connectivity index (χ1n) is 8.36. The summed E-state index contributed by atoms with van der Waals surface area (Å²) in [6.45, 7) is 4.43. The Morgan fingerprint density at radius 1 is 1.16 bits per heavy atom. The number of hydrogen-bond acceptors (Lipinski definition) is 7. The summed E-state index contributed by atoms with van der Waals surface area (Å²) in [5.41, 5.74) is 15.8. The van der Waals surface area contributed by atoms with Crippen LogP contribution in [0.25, 0.3) is 22.2 Å². The zero-order valence-electron chi connectivity index (χ0n) is 13.9. The van der Waals surface area contributed by atoms with E-state index in [2.05, 4.69) is 31.1 Å². The third-order valence-electron chi connectivity index (χ3n) is 4.54. The lowest BCUT2D eigenvalue weighted by atomic mass is 10.00. The fraction of sp³-hybridized carbons (Fsp3) is 0.353. The van der Waals surface area contributed by atoms with Crippen molar-refractivity contribution < 1.29 is 4.74 Å². The fourth-order valence-corrected chi connectivity index (χ4v) is 3.27. The Bertz CT molecular complexity index is 872. The molecule has 1 aliphatic rings. The van der Waals surface area contributed by atoms with E-state index in [9.17, 15) is 0 Å². The van der Waals surface area contributed by atoms with Crippen LogP contribution < -0.4 is 11.5 Å². The summed E-state index contributed by atoms with van der Waals surface area (Å²) in [7, 11) is 0. The SMILES string of the molecule is Nc1nc(N)c2c(CCN3CCOCC3)cc(-c3ccn[nH]3)cc2n1. The Morgan fingerprint density at radius 2 is 2.00 bits per heavy atom. The van der Waals surface area contributed by atoms with Crippen LogP contribution in [0, 0.1) is 0 Å². The monoisotopic (exact) mass is 339 g/mol. The molecule has 2 aromatic heterocycles. The fourth-order valence-electron chi connectivity index (χ4n) is 3.27. The molecule has 130 valence electrons. The number of anilines is 2. The van der Waals surface area contributed by atoms with Crippen LogP contribution in [0.15, 0.2) is 24.4 Å². The van der Waals surface area contributed by atoms with Crippen LogP contribution in [0.4, 0.5) is 11.8 Å². The summed E-state index contributed by atoms with van der Waals surface area (Å²) in [5.74, 6) is 0.613. The molecule has 0 bridgehead atoms. The molecule has 1 saturated heterocycles. The van der Waals surface area contributed by atoms with E-state index in [4.69, 9.17) is 16.2 Å². The van der Waals surface area contributed by atoms with Crippen molar-refractivity contribution in [2.75, 3.05) is 44.3 Å². The normalized spacial score (nSPS) is 15.7. The van der Waals surface area contributed by atoms with Gasteiger partial charge in [0, 0.05) is 36.8 Å². The number of ether oxygens (including phenoxy) is 1. The average Bonchev–Trinajstić information content (AvgIpc) is 3.14. The highest BCUT2D eigenvalue weighted by Crippen LogP contribution is 2.29. The molecule has 0 spiro atoms. The minimum absolute atomic E-state index is 0.186. The van der Waals surface area contributed by atoms with Crippen molar-refractivity contribution >= 4 is 22.7 Å². The van der Waals surface area contributed by atoms with E-state index in [-0.39, 0.29) is 5.95 Å². The van der Waals surface area contributed by atoms with E-state index >= 15 is 0 Å². The van der Waals surface area contributed by atoms with Gasteiger partial charge in [-0.3, -0.25) is 10.00 Å². The first-order chi connectivity index (χ1) is 12.2. The summed E-state index contributed by atoms with van der Waals surface area (Å²) in [6.07, 6.45) is 2.59. The highest BCUT2D eigenvalue weighted by molar-refractivity contribution is 5.94. The molecule has 8 heteroatoms. The molecule has 0 radical (unpaired) electrons. The molecule has 1 aliphatic heterocycles. The molecular formula is C17H21N7O. The van der Waals surface area contributed by atoms with Crippen molar-refractivity contribution in [3.05, 3.63) is 30.0 Å². The predicted octanol–water partition coefficient (Wildman–Crippen LogP) is 1.06. The predicted molar refractivity (Wildman–Crippen MR) is 96.9 cm³/mol. The Hall–Kier alpha value is -2.71. The molecule has 4 rings (SSSR count). The van der Waals surface area contributed by atoms with Crippen molar-refractivity contribution in [1.82, 2.24) is 25.1 Å². The second-order valence-corrected chi connectivity index (χ2v) is 6.17. The lowest BCUT2D eigenvalue weighted by Crippen LogP contribution is -2.37. The number of fused-ring (bicyclic) bond motifs is 1. The van der Waals surface area contributed by atoms with Crippen molar-refractivity contribution in [3.63, 3.8) is 0 Å². The Balaban J connectivity index is 1.74. The Morgan fingerprint density at radius 3 is 2.76 bits per heavy atom. The molecule has 0 atom stereocenters. The van der Waals surface area contributed by atoms with Crippen LogP contribution in [-0.2, 0) is 11.2 Å². The summed E-state index contributed by atoms with van der Waals surface area (Å²) in [4.78, 5) is 10.9. The highest BCUT2D eigenvalue weighted by Gasteiger charge is 2.15. The summed E-state index contributed by atoms with van der Waals surface area (Å²) in [5, 5.41) is 7.91. The summed E-state index contributed by atoms with van der Waals surface area (Å²) >= 11 is 0. The quantitative estimate of drug-likeness (QED) is 0.650. The van der Waals surface area contributed by atoms with Crippen molar-refractivity contribution in [3.8, 4) is 11.3 Å². The van der Waals surface area contributed by atoms with Gasteiger partial charge in [0.05, 0.1) is 24.4 Å². The van der Waals surface area contributed by atoms with Crippen molar-refractivity contribution in [1.29, 1.82) is 0 Å². The third kappa shape index (κ3) is 3.26. The molecule has 0 saturated carbocycles. The summed E-state index contributed by atoms with van der Waals surface area (Å²) in [6, 6.07) is 6.03. The molecule has 3 heterocycles. The topological polar surface area (TPSA) is 119 Å². The van der Waals surface area contributed by atoms with Gasteiger partial charge in [-0.15, -0.1) is 0 Å². The first-order valence-corrected chi connectivity index (χ1v) is 8.36. The number of aromatic nitrogens is 4. The molecule has 1 fully saturated rings. The highest BCUT2D eigenvalue weighted by atomic mass is 16.5. The van der Waals surface area contributed by atoms with Gasteiger partial charge in [0.1, 0.15) is 5.82 Å². The number of nitrogens with one attached hydrogen (secondary N) is 1. The van der Waals surface area contributed by atoms with Gasteiger partial charge in [0.15, 0.2) is 0 Å². The maximum Gasteiger partial charge on any atom is 0.222 e. The van der Waals surface area contributed by atoms with Gasteiger partial charge < -0.3 is 16.2 Å². The number of morpholine rings is 1. The van der Waals surface area contributed by atoms with E-state index in [1.54, 1.807) is 6.20 Å². The lowest BCUT2D eigenvalue weighted by Gasteiger charge is -2.26. The second-order valence-electron chi connectivity index (χ2n) is 6.17. The van der Waals surface area contributed by atoms with Crippen LogP contribution in [0.5, 0.6) is 0 Å². The zero-order valence-corrected chi connectivity index (χ0v) is 13.9. The lowest BCUT2D eigenvalue weighted by molar-refractivity contribution is 0.0385. The Labute approximate surface area is 145 Å². The van der Waals surface area contributed by atoms with Gasteiger partial charge >= 0.3 is 0 Å². The first kappa shape index (κ1) is 15.8. The standard InChI is InChI=1S/C17H21N7O/c18-16-15-11(2-4-24-5-7-25-8-6-24)9-12(13-1-3-20-23-13)10-14(15)21-17(19)22-16/h1,3,9-10H,2,4-8H2,(H,20,23)(H4,18,19,21,22). The van der Waals surface area contributed by atoms with Crippen LogP contribution >= 0.6 is 0 Å². The van der Waals surface area contributed by atoms with Gasteiger partial charge in [-0.2, -0.15) is 10.1 Å². The average molecular weight is 339 g/mol. The smallest absolute Gasteiger partial charge is 0.222 e. The number of rotatable bonds is 4. The number of benzene rings is 1. The molecule has 1 aromatic carbocycles. The number of H-pyrrole nitrogens is 1. The molecule has 25 heavy (non-hydrogen) atoms. The van der Waals surface area contributed by atoms with E-state index < -0.39 is 0 Å². The van der Waals surface area contributed by atoms with E-state index in [0.717, 1.165) is 67.0 Å². The second kappa shape index (κ2) is 6.66. The van der Waals surface area contributed by atoms with E-state index in [0.29, 0.717) is 5.82 Å². The van der Waals surface area contributed by atoms with Gasteiger partial charge in [0.2, 0.25) is 5.95 Å². The zero-order chi connectivity index (χ0) is 17.2. The summed E-state index contributed by atoms with van der Waals surface area (Å²) < 4.78 is 5.42. The van der Waals surface area contributed by atoms with E-state index in [1.165, 1.54) is 0 Å². The molecule has 0 unspecified atom stereocenters. The number of nitrogens with two attached hydrogens (primary N) is 2. The van der Waals surface area contributed by atoms with Gasteiger partial charge in [-0.1, -0.05) is 0 Å². The van der Waals surface area contributed by atoms with Crippen molar-refractivity contribution in [2.45, 2.75) is 6.42 Å². The maximum absolute atomic E-state index is 6.15. The minimum atomic E-state index is 0.186. The van der Waals surface area contributed by atoms with Crippen LogP contribution in [0.2, 0.25) is 0 Å². The number of aromatic amines is 1. The Kier molecular flexibility index (Phi) is 4.21. The minimum Gasteiger partial charge on any atom is -0.383 e. The number of nitrogens with zero attached hydrogens (tertiary/aromatic N) is 4. The molecule has 3 aromatic rings. The van der Waals surface area contributed by atoms with Gasteiger partial charge in [-0.05, 0) is 30.2 Å². The van der Waals surface area contributed by atoms with Gasteiger partial charge in [-0.25, -0.2) is 4.98 Å².